The predicted octanol–water partition coefficient (Wildman–Crippen LogP) is 3.04. The summed E-state index contributed by atoms with van der Waals surface area (Å²) in [6.07, 6.45) is 2.42. The van der Waals surface area contributed by atoms with E-state index in [1.165, 1.54) is 12.8 Å². The van der Waals surface area contributed by atoms with Gasteiger partial charge in [-0.25, -0.2) is 4.79 Å². The first-order valence-electron chi connectivity index (χ1n) is 7.52. The Balaban J connectivity index is 1.98. The number of hydrogen-bond acceptors (Lipinski definition) is 4. The van der Waals surface area contributed by atoms with Crippen LogP contribution >= 0.6 is 0 Å². The average molecular weight is 287 g/mol. The summed E-state index contributed by atoms with van der Waals surface area (Å²) in [6, 6.07) is 5.08. The highest BCUT2D eigenvalue weighted by molar-refractivity contribution is 5.84. The Labute approximate surface area is 124 Å². The fourth-order valence-corrected chi connectivity index (χ4v) is 3.01. The molecule has 1 N–H and O–H groups in total. The van der Waals surface area contributed by atoms with E-state index in [9.17, 15) is 9.90 Å². The van der Waals surface area contributed by atoms with Crippen LogP contribution in [-0.2, 0) is 6.54 Å². The molecule has 1 fully saturated rings. The minimum absolute atomic E-state index is 0.162. The van der Waals surface area contributed by atoms with E-state index in [-0.39, 0.29) is 11.4 Å². The van der Waals surface area contributed by atoms with Crippen LogP contribution in [0.3, 0.4) is 0 Å². The van der Waals surface area contributed by atoms with E-state index in [2.05, 4.69) is 11.8 Å². The zero-order chi connectivity index (χ0) is 15.0. The first-order chi connectivity index (χ1) is 10.0. The Morgan fingerprint density at radius 3 is 2.76 bits per heavy atom. The molecular weight excluding hydrogens is 266 g/mol. The molecule has 2 heterocycles. The predicted molar refractivity (Wildman–Crippen MR) is 82.6 cm³/mol. The van der Waals surface area contributed by atoms with Crippen LogP contribution in [0.1, 0.15) is 30.9 Å². The second-order valence-electron chi connectivity index (χ2n) is 6.14. The lowest BCUT2D eigenvalue weighted by molar-refractivity contribution is 0.185. The summed E-state index contributed by atoms with van der Waals surface area (Å²) in [6.45, 7) is 6.96. The summed E-state index contributed by atoms with van der Waals surface area (Å²) in [5, 5.41) is 10.7. The number of hydrogen-bond donors (Lipinski definition) is 1. The van der Waals surface area contributed by atoms with E-state index in [0.29, 0.717) is 11.1 Å². The molecule has 2 aromatic rings. The molecule has 4 heteroatoms. The van der Waals surface area contributed by atoms with Crippen LogP contribution < -0.4 is 5.63 Å². The average Bonchev–Trinajstić information content (AvgIpc) is 2.46. The number of aromatic hydroxyl groups is 1. The molecule has 3 rings (SSSR count). The topological polar surface area (TPSA) is 53.7 Å². The van der Waals surface area contributed by atoms with E-state index in [0.717, 1.165) is 36.5 Å². The second-order valence-corrected chi connectivity index (χ2v) is 6.14. The fourth-order valence-electron chi connectivity index (χ4n) is 3.01. The lowest BCUT2D eigenvalue weighted by Crippen LogP contribution is -2.32. The molecule has 1 aliphatic rings. The van der Waals surface area contributed by atoms with Gasteiger partial charge in [-0.2, -0.15) is 0 Å². The van der Waals surface area contributed by atoms with Gasteiger partial charge in [0.25, 0.3) is 0 Å². The van der Waals surface area contributed by atoms with Crippen LogP contribution in [-0.4, -0.2) is 23.1 Å². The van der Waals surface area contributed by atoms with Crippen LogP contribution in [0.25, 0.3) is 11.0 Å². The zero-order valence-corrected chi connectivity index (χ0v) is 12.6. The largest absolute Gasteiger partial charge is 0.508 e. The van der Waals surface area contributed by atoms with Crippen molar-refractivity contribution in [1.82, 2.24) is 4.90 Å². The van der Waals surface area contributed by atoms with Gasteiger partial charge in [0.1, 0.15) is 11.3 Å². The van der Waals surface area contributed by atoms with Crippen LogP contribution in [0.15, 0.2) is 27.4 Å². The molecule has 0 atom stereocenters. The first kappa shape index (κ1) is 14.1. The Kier molecular flexibility index (Phi) is 3.72. The summed E-state index contributed by atoms with van der Waals surface area (Å²) in [4.78, 5) is 14.2. The molecule has 112 valence electrons. The molecule has 0 aliphatic carbocycles. The van der Waals surface area contributed by atoms with Gasteiger partial charge in [-0.15, -0.1) is 0 Å². The third kappa shape index (κ3) is 2.81. The van der Waals surface area contributed by atoms with Crippen molar-refractivity contribution in [3.63, 3.8) is 0 Å². The van der Waals surface area contributed by atoms with Gasteiger partial charge < -0.3 is 9.52 Å². The maximum absolute atomic E-state index is 11.8. The molecule has 0 radical (unpaired) electrons. The summed E-state index contributed by atoms with van der Waals surface area (Å²) >= 11 is 0. The number of phenolic OH excluding ortho intramolecular Hbond substituents is 1. The van der Waals surface area contributed by atoms with Crippen molar-refractivity contribution in [2.45, 2.75) is 33.2 Å². The van der Waals surface area contributed by atoms with Crippen molar-refractivity contribution in [2.75, 3.05) is 13.1 Å². The van der Waals surface area contributed by atoms with Gasteiger partial charge >= 0.3 is 5.63 Å². The van der Waals surface area contributed by atoms with E-state index in [1.54, 1.807) is 19.1 Å². The molecule has 0 bridgehead atoms. The molecule has 1 aromatic carbocycles. The standard InChI is InChI=1S/C17H21NO3/c1-11-5-7-18(8-6-11)10-13-9-16(20)21-17-12(2)15(19)4-3-14(13)17/h3-4,9,11,19H,5-8,10H2,1-2H3. The van der Waals surface area contributed by atoms with E-state index >= 15 is 0 Å². The number of nitrogens with zero attached hydrogens (tertiary/aromatic N) is 1. The second kappa shape index (κ2) is 5.53. The van der Waals surface area contributed by atoms with Crippen LogP contribution in [0.2, 0.25) is 0 Å². The highest BCUT2D eigenvalue weighted by atomic mass is 16.4. The lowest BCUT2D eigenvalue weighted by Gasteiger charge is -2.30. The van der Waals surface area contributed by atoms with E-state index < -0.39 is 0 Å². The monoisotopic (exact) mass is 287 g/mol. The molecule has 4 nitrogen and oxygen atoms in total. The molecule has 21 heavy (non-hydrogen) atoms. The van der Waals surface area contributed by atoms with Crippen molar-refractivity contribution in [3.05, 3.63) is 39.7 Å². The minimum Gasteiger partial charge on any atom is -0.508 e. The Bertz CT molecular complexity index is 712. The molecule has 0 amide bonds. The SMILES string of the molecule is Cc1c(O)ccc2c(CN3CCC(C)CC3)cc(=O)oc12. The molecule has 1 aromatic heterocycles. The van der Waals surface area contributed by atoms with Gasteiger partial charge in [-0.3, -0.25) is 4.90 Å². The molecule has 0 unspecified atom stereocenters. The number of aryl methyl sites for hydroxylation is 1. The Morgan fingerprint density at radius 1 is 1.33 bits per heavy atom. The van der Waals surface area contributed by atoms with Crippen LogP contribution in [0.5, 0.6) is 5.75 Å². The number of piperidine rings is 1. The van der Waals surface area contributed by atoms with Crippen LogP contribution in [0.4, 0.5) is 0 Å². The van der Waals surface area contributed by atoms with Crippen molar-refractivity contribution in [3.8, 4) is 5.75 Å². The quantitative estimate of drug-likeness (QED) is 0.863. The highest BCUT2D eigenvalue weighted by Crippen LogP contribution is 2.28. The van der Waals surface area contributed by atoms with E-state index in [1.807, 2.05) is 6.07 Å². The van der Waals surface area contributed by atoms with Gasteiger partial charge in [0.15, 0.2) is 0 Å². The Morgan fingerprint density at radius 2 is 2.05 bits per heavy atom. The summed E-state index contributed by atoms with van der Waals surface area (Å²) in [5.41, 5.74) is 1.76. The highest BCUT2D eigenvalue weighted by Gasteiger charge is 2.18. The fraction of sp³-hybridized carbons (Fsp3) is 0.471. The molecular formula is C17H21NO3. The van der Waals surface area contributed by atoms with Gasteiger partial charge in [-0.1, -0.05) is 6.92 Å². The summed E-state index contributed by atoms with van der Waals surface area (Å²) in [5.74, 6) is 0.952. The third-order valence-corrected chi connectivity index (χ3v) is 4.49. The molecule has 1 saturated heterocycles. The Hall–Kier alpha value is -1.81. The van der Waals surface area contributed by atoms with Crippen molar-refractivity contribution < 1.29 is 9.52 Å². The molecule has 1 aliphatic heterocycles. The number of fused-ring (bicyclic) bond motifs is 1. The van der Waals surface area contributed by atoms with Gasteiger partial charge in [0.05, 0.1) is 0 Å². The van der Waals surface area contributed by atoms with E-state index in [4.69, 9.17) is 4.42 Å². The first-order valence-corrected chi connectivity index (χ1v) is 7.52. The maximum atomic E-state index is 11.8. The van der Waals surface area contributed by atoms with Gasteiger partial charge in [0, 0.05) is 23.6 Å². The number of benzene rings is 1. The summed E-state index contributed by atoms with van der Waals surface area (Å²) in [7, 11) is 0. The third-order valence-electron chi connectivity index (χ3n) is 4.49. The molecule has 0 saturated carbocycles. The van der Waals surface area contributed by atoms with Crippen LogP contribution in [0, 0.1) is 12.8 Å². The van der Waals surface area contributed by atoms with Crippen molar-refractivity contribution in [1.29, 1.82) is 0 Å². The number of phenols is 1. The van der Waals surface area contributed by atoms with Gasteiger partial charge in [-0.05, 0) is 56.5 Å². The van der Waals surface area contributed by atoms with Gasteiger partial charge in [0.2, 0.25) is 0 Å². The zero-order valence-electron chi connectivity index (χ0n) is 12.6. The molecule has 0 spiro atoms. The maximum Gasteiger partial charge on any atom is 0.336 e. The van der Waals surface area contributed by atoms with Crippen molar-refractivity contribution in [2.24, 2.45) is 5.92 Å². The van der Waals surface area contributed by atoms with Crippen molar-refractivity contribution >= 4 is 11.0 Å². The number of likely N-dealkylation sites (tertiary alicyclic amines) is 1. The summed E-state index contributed by atoms with van der Waals surface area (Å²) < 4.78 is 5.29. The number of rotatable bonds is 2. The smallest absolute Gasteiger partial charge is 0.336 e. The lowest BCUT2D eigenvalue weighted by atomic mass is 9.98. The minimum atomic E-state index is -0.350. The normalized spacial score (nSPS) is 17.4.